The fourth-order valence-corrected chi connectivity index (χ4v) is 3.11. The zero-order chi connectivity index (χ0) is 14.3. The van der Waals surface area contributed by atoms with Crippen LogP contribution in [0, 0.1) is 0 Å². The number of nitrogens with zero attached hydrogens (tertiary/aromatic N) is 4. The van der Waals surface area contributed by atoms with E-state index in [0.717, 1.165) is 25.7 Å². The standard InChI is InChI=1S/C13H17ClN4O2/c1-17-10-7-15-12(14)16-11(10)18(13(17)19)8-3-5-9(20-2)6-4-8/h7-9H,3-6H2,1-2H3. The molecule has 1 fully saturated rings. The van der Waals surface area contributed by atoms with Crippen molar-refractivity contribution >= 4 is 22.8 Å². The largest absolute Gasteiger partial charge is 0.381 e. The van der Waals surface area contributed by atoms with Crippen molar-refractivity contribution in [3.63, 3.8) is 0 Å². The van der Waals surface area contributed by atoms with Crippen molar-refractivity contribution in [2.75, 3.05) is 7.11 Å². The normalized spacial score (nSPS) is 23.4. The second-order valence-corrected chi connectivity index (χ2v) is 5.56. The molecule has 0 atom stereocenters. The van der Waals surface area contributed by atoms with Crippen LogP contribution in [0.3, 0.4) is 0 Å². The lowest BCUT2D eigenvalue weighted by Crippen LogP contribution is -2.30. The maximum absolute atomic E-state index is 12.4. The molecule has 1 aliphatic rings. The third-order valence-electron chi connectivity index (χ3n) is 4.15. The molecule has 0 saturated heterocycles. The molecule has 108 valence electrons. The third-order valence-corrected chi connectivity index (χ3v) is 4.33. The maximum atomic E-state index is 12.4. The Balaban J connectivity index is 2.05. The van der Waals surface area contributed by atoms with Crippen LogP contribution >= 0.6 is 11.6 Å². The molecule has 0 amide bonds. The van der Waals surface area contributed by atoms with Crippen LogP contribution in [0.2, 0.25) is 5.28 Å². The maximum Gasteiger partial charge on any atom is 0.330 e. The first kappa shape index (κ1) is 13.6. The Labute approximate surface area is 121 Å². The van der Waals surface area contributed by atoms with Gasteiger partial charge in [0.2, 0.25) is 5.28 Å². The number of ether oxygens (including phenoxy) is 1. The summed E-state index contributed by atoms with van der Waals surface area (Å²) >= 11 is 5.87. The molecule has 2 aromatic heterocycles. The van der Waals surface area contributed by atoms with Crippen molar-refractivity contribution in [3.05, 3.63) is 22.0 Å². The monoisotopic (exact) mass is 296 g/mol. The Morgan fingerprint density at radius 3 is 2.70 bits per heavy atom. The molecule has 0 bridgehead atoms. The number of methoxy groups -OCH3 is 1. The van der Waals surface area contributed by atoms with E-state index in [-0.39, 0.29) is 17.0 Å². The summed E-state index contributed by atoms with van der Waals surface area (Å²) < 4.78 is 8.71. The smallest absolute Gasteiger partial charge is 0.330 e. The van der Waals surface area contributed by atoms with Crippen molar-refractivity contribution in [1.82, 2.24) is 19.1 Å². The lowest BCUT2D eigenvalue weighted by atomic mass is 9.93. The molecule has 0 spiro atoms. The Morgan fingerprint density at radius 1 is 1.35 bits per heavy atom. The molecular weight excluding hydrogens is 280 g/mol. The molecule has 6 nitrogen and oxygen atoms in total. The van der Waals surface area contributed by atoms with Gasteiger partial charge in [-0.1, -0.05) is 0 Å². The number of imidazole rings is 1. The topological polar surface area (TPSA) is 61.9 Å². The van der Waals surface area contributed by atoms with Gasteiger partial charge in [-0.3, -0.25) is 9.13 Å². The molecule has 0 N–H and O–H groups in total. The van der Waals surface area contributed by atoms with Gasteiger partial charge >= 0.3 is 5.69 Å². The first-order valence-electron chi connectivity index (χ1n) is 6.74. The Morgan fingerprint density at radius 2 is 2.05 bits per heavy atom. The summed E-state index contributed by atoms with van der Waals surface area (Å²) in [6.45, 7) is 0. The van der Waals surface area contributed by atoms with Gasteiger partial charge in [-0.05, 0) is 37.3 Å². The summed E-state index contributed by atoms with van der Waals surface area (Å²) in [5.74, 6) is 0. The average molecular weight is 297 g/mol. The van der Waals surface area contributed by atoms with Crippen LogP contribution in [0.15, 0.2) is 11.0 Å². The fourth-order valence-electron chi connectivity index (χ4n) is 2.98. The van der Waals surface area contributed by atoms with Gasteiger partial charge in [-0.25, -0.2) is 9.78 Å². The van der Waals surface area contributed by atoms with Crippen molar-refractivity contribution in [2.24, 2.45) is 7.05 Å². The number of fused-ring (bicyclic) bond motifs is 1. The molecule has 1 aliphatic carbocycles. The van der Waals surface area contributed by atoms with Crippen LogP contribution in [0.5, 0.6) is 0 Å². The molecular formula is C13H17ClN4O2. The van der Waals surface area contributed by atoms with Gasteiger partial charge in [0.05, 0.1) is 12.3 Å². The van der Waals surface area contributed by atoms with E-state index in [1.165, 1.54) is 0 Å². The summed E-state index contributed by atoms with van der Waals surface area (Å²) in [6.07, 6.45) is 5.66. The highest BCUT2D eigenvalue weighted by atomic mass is 35.5. The molecule has 1 saturated carbocycles. The molecule has 0 aromatic carbocycles. The molecule has 0 radical (unpaired) electrons. The minimum absolute atomic E-state index is 0.0579. The van der Waals surface area contributed by atoms with Gasteiger partial charge < -0.3 is 4.74 Å². The Kier molecular flexibility index (Phi) is 3.52. The minimum Gasteiger partial charge on any atom is -0.381 e. The summed E-state index contributed by atoms with van der Waals surface area (Å²) in [5.41, 5.74) is 1.28. The van der Waals surface area contributed by atoms with Gasteiger partial charge in [0.1, 0.15) is 5.52 Å². The van der Waals surface area contributed by atoms with Crippen molar-refractivity contribution in [3.8, 4) is 0 Å². The summed E-state index contributed by atoms with van der Waals surface area (Å²) in [7, 11) is 3.47. The number of halogens is 1. The van der Waals surface area contributed by atoms with E-state index in [9.17, 15) is 4.79 Å². The van der Waals surface area contributed by atoms with Gasteiger partial charge in [0.15, 0.2) is 5.65 Å². The third kappa shape index (κ3) is 2.13. The second kappa shape index (κ2) is 5.18. The highest BCUT2D eigenvalue weighted by Crippen LogP contribution is 2.30. The molecule has 7 heteroatoms. The van der Waals surface area contributed by atoms with E-state index in [1.54, 1.807) is 29.5 Å². The van der Waals surface area contributed by atoms with Crippen molar-refractivity contribution in [2.45, 2.75) is 37.8 Å². The first-order valence-corrected chi connectivity index (χ1v) is 7.12. The number of rotatable bonds is 2. The highest BCUT2D eigenvalue weighted by Gasteiger charge is 2.26. The molecule has 3 rings (SSSR count). The van der Waals surface area contributed by atoms with Crippen LogP contribution in [0.4, 0.5) is 0 Å². The number of hydrogen-bond donors (Lipinski definition) is 0. The van der Waals surface area contributed by atoms with E-state index in [4.69, 9.17) is 16.3 Å². The van der Waals surface area contributed by atoms with E-state index in [2.05, 4.69) is 9.97 Å². The van der Waals surface area contributed by atoms with Crippen LogP contribution in [0.25, 0.3) is 11.2 Å². The minimum atomic E-state index is -0.0579. The number of aromatic nitrogens is 4. The molecule has 0 aliphatic heterocycles. The Hall–Kier alpha value is -1.40. The second-order valence-electron chi connectivity index (χ2n) is 5.23. The van der Waals surface area contributed by atoms with Crippen LogP contribution in [-0.2, 0) is 11.8 Å². The predicted molar refractivity (Wildman–Crippen MR) is 76.1 cm³/mol. The molecule has 20 heavy (non-hydrogen) atoms. The molecule has 2 aromatic rings. The van der Waals surface area contributed by atoms with Crippen LogP contribution in [-0.4, -0.2) is 32.3 Å². The Bertz CT molecular complexity index is 685. The lowest BCUT2D eigenvalue weighted by molar-refractivity contribution is 0.0584. The van der Waals surface area contributed by atoms with Gasteiger partial charge in [-0.2, -0.15) is 4.98 Å². The van der Waals surface area contributed by atoms with Crippen molar-refractivity contribution in [1.29, 1.82) is 0 Å². The van der Waals surface area contributed by atoms with E-state index in [0.29, 0.717) is 17.3 Å². The predicted octanol–water partition coefficient (Wildman–Crippen LogP) is 1.91. The van der Waals surface area contributed by atoms with E-state index in [1.807, 2.05) is 0 Å². The number of aryl methyl sites for hydroxylation is 1. The van der Waals surface area contributed by atoms with Crippen molar-refractivity contribution < 1.29 is 4.74 Å². The quantitative estimate of drug-likeness (QED) is 0.794. The first-order chi connectivity index (χ1) is 9.61. The molecule has 2 heterocycles. The van der Waals surface area contributed by atoms with Gasteiger partial charge in [-0.15, -0.1) is 0 Å². The molecule has 0 unspecified atom stereocenters. The summed E-state index contributed by atoms with van der Waals surface area (Å²) in [5, 5.41) is 0.169. The summed E-state index contributed by atoms with van der Waals surface area (Å²) in [6, 6.07) is 0.156. The average Bonchev–Trinajstić information content (AvgIpc) is 2.71. The summed E-state index contributed by atoms with van der Waals surface area (Å²) in [4.78, 5) is 20.6. The van der Waals surface area contributed by atoms with E-state index < -0.39 is 0 Å². The fraction of sp³-hybridized carbons (Fsp3) is 0.615. The highest BCUT2D eigenvalue weighted by molar-refractivity contribution is 6.28. The van der Waals surface area contributed by atoms with Crippen LogP contribution < -0.4 is 5.69 Å². The zero-order valence-electron chi connectivity index (χ0n) is 11.5. The van der Waals surface area contributed by atoms with E-state index >= 15 is 0 Å². The number of hydrogen-bond acceptors (Lipinski definition) is 4. The lowest BCUT2D eigenvalue weighted by Gasteiger charge is -2.28. The van der Waals surface area contributed by atoms with Crippen LogP contribution in [0.1, 0.15) is 31.7 Å². The van der Waals surface area contributed by atoms with Gasteiger partial charge in [0, 0.05) is 20.2 Å². The SMILES string of the molecule is COC1CCC(n2c(=O)n(C)c3cnc(Cl)nc32)CC1. The van der Waals surface area contributed by atoms with Gasteiger partial charge in [0.25, 0.3) is 0 Å². The zero-order valence-corrected chi connectivity index (χ0v) is 12.3.